The molecule has 0 aliphatic carbocycles. The summed E-state index contributed by atoms with van der Waals surface area (Å²) < 4.78 is 2.15. The van der Waals surface area contributed by atoms with Gasteiger partial charge in [0.15, 0.2) is 0 Å². The van der Waals surface area contributed by atoms with Crippen LogP contribution in [0.2, 0.25) is 0 Å². The fraction of sp³-hybridized carbons (Fsp3) is 0.417. The lowest BCUT2D eigenvalue weighted by molar-refractivity contribution is 0.590. The summed E-state index contributed by atoms with van der Waals surface area (Å²) in [5.74, 6) is 1.12. The number of hydrogen-bond acceptors (Lipinski definition) is 2. The number of aryl methyl sites for hydroxylation is 1. The molecule has 0 aliphatic heterocycles. The van der Waals surface area contributed by atoms with Crippen LogP contribution in [0.4, 0.5) is 0 Å². The first-order chi connectivity index (χ1) is 7.20. The van der Waals surface area contributed by atoms with Gasteiger partial charge in [-0.15, -0.1) is 0 Å². The number of nitrogens with zero attached hydrogens (tertiary/aromatic N) is 2. The predicted molar refractivity (Wildman–Crippen MR) is 62.2 cm³/mol. The van der Waals surface area contributed by atoms with Gasteiger partial charge in [-0.3, -0.25) is 0 Å². The summed E-state index contributed by atoms with van der Waals surface area (Å²) in [5, 5.41) is 3.23. The van der Waals surface area contributed by atoms with Crippen LogP contribution >= 0.6 is 0 Å². The lowest BCUT2D eigenvalue weighted by Crippen LogP contribution is -2.24. The maximum Gasteiger partial charge on any atom is 0.114 e. The summed E-state index contributed by atoms with van der Waals surface area (Å²) in [6, 6.07) is 4.72. The fourth-order valence-electron chi connectivity index (χ4n) is 1.69. The monoisotopic (exact) mass is 203 g/mol. The molecule has 15 heavy (non-hydrogen) atoms. The molecule has 0 aliphatic rings. The lowest BCUT2D eigenvalue weighted by Gasteiger charge is -2.08. The van der Waals surface area contributed by atoms with Crippen molar-refractivity contribution < 1.29 is 0 Å². The predicted octanol–water partition coefficient (Wildman–Crippen LogP) is 1.79. The van der Waals surface area contributed by atoms with Crippen LogP contribution in [0.15, 0.2) is 24.5 Å². The minimum absolute atomic E-state index is 0.455. The molecular formula is C12H17N3. The number of likely N-dealkylation sites (N-methyl/N-ethyl adjacent to an activating group) is 1. The third-order valence-corrected chi connectivity index (χ3v) is 2.75. The van der Waals surface area contributed by atoms with E-state index >= 15 is 0 Å². The summed E-state index contributed by atoms with van der Waals surface area (Å²) in [7, 11) is 1.98. The van der Waals surface area contributed by atoms with E-state index in [-0.39, 0.29) is 0 Å². The summed E-state index contributed by atoms with van der Waals surface area (Å²) in [6.45, 7) is 4.26. The number of imidazole rings is 1. The van der Waals surface area contributed by atoms with E-state index in [4.69, 9.17) is 0 Å². The van der Waals surface area contributed by atoms with Crippen molar-refractivity contribution in [3.8, 4) is 0 Å². The van der Waals surface area contributed by atoms with Crippen LogP contribution in [-0.2, 0) is 6.42 Å². The number of nitrogens with one attached hydrogen (secondary N) is 1. The quantitative estimate of drug-likeness (QED) is 0.824. The molecule has 0 aromatic carbocycles. The van der Waals surface area contributed by atoms with Gasteiger partial charge in [0.2, 0.25) is 0 Å². The summed E-state index contributed by atoms with van der Waals surface area (Å²) in [4.78, 5) is 4.45. The van der Waals surface area contributed by atoms with E-state index in [0.29, 0.717) is 6.04 Å². The Kier molecular flexibility index (Phi) is 2.73. The van der Waals surface area contributed by atoms with Crippen LogP contribution in [-0.4, -0.2) is 22.5 Å². The highest BCUT2D eigenvalue weighted by Crippen LogP contribution is 2.10. The molecule has 0 fully saturated rings. The van der Waals surface area contributed by atoms with Gasteiger partial charge in [0.05, 0.1) is 11.7 Å². The SMILES string of the molecule is CNC(C)Cc1ncc2cc(C)ccn12. The zero-order chi connectivity index (χ0) is 10.8. The largest absolute Gasteiger partial charge is 0.317 e. The molecule has 0 radical (unpaired) electrons. The second kappa shape index (κ2) is 4.03. The molecule has 0 saturated carbocycles. The van der Waals surface area contributed by atoms with Crippen LogP contribution < -0.4 is 5.32 Å². The Bertz CT molecular complexity index is 459. The Balaban J connectivity index is 2.36. The maximum atomic E-state index is 4.45. The third kappa shape index (κ3) is 2.02. The molecule has 1 unspecified atom stereocenters. The highest BCUT2D eigenvalue weighted by atomic mass is 15.0. The molecule has 80 valence electrons. The Morgan fingerprint density at radius 3 is 3.07 bits per heavy atom. The number of aromatic nitrogens is 2. The summed E-state index contributed by atoms with van der Waals surface area (Å²) in [6.07, 6.45) is 4.98. The zero-order valence-electron chi connectivity index (χ0n) is 9.49. The van der Waals surface area contributed by atoms with Crippen LogP contribution in [0, 0.1) is 6.92 Å². The number of hydrogen-bond donors (Lipinski definition) is 1. The van der Waals surface area contributed by atoms with Crippen LogP contribution in [0.5, 0.6) is 0 Å². The Morgan fingerprint density at radius 1 is 1.53 bits per heavy atom. The molecule has 2 aromatic rings. The van der Waals surface area contributed by atoms with E-state index in [1.165, 1.54) is 11.1 Å². The minimum atomic E-state index is 0.455. The van der Waals surface area contributed by atoms with Crippen molar-refractivity contribution in [2.75, 3.05) is 7.05 Å². The molecule has 1 N–H and O–H groups in total. The van der Waals surface area contributed by atoms with E-state index in [9.17, 15) is 0 Å². The molecule has 3 heteroatoms. The van der Waals surface area contributed by atoms with Crippen LogP contribution in [0.3, 0.4) is 0 Å². The van der Waals surface area contributed by atoms with E-state index in [1.807, 2.05) is 13.2 Å². The average molecular weight is 203 g/mol. The number of fused-ring (bicyclic) bond motifs is 1. The first kappa shape index (κ1) is 10.2. The Hall–Kier alpha value is -1.35. The number of pyridine rings is 1. The molecule has 0 saturated heterocycles. The topological polar surface area (TPSA) is 29.3 Å². The van der Waals surface area contributed by atoms with Crippen molar-refractivity contribution in [2.24, 2.45) is 0 Å². The van der Waals surface area contributed by atoms with E-state index in [1.54, 1.807) is 0 Å². The molecule has 0 spiro atoms. The van der Waals surface area contributed by atoms with Gasteiger partial charge in [-0.2, -0.15) is 0 Å². The summed E-state index contributed by atoms with van der Waals surface area (Å²) in [5.41, 5.74) is 2.45. The second-order valence-electron chi connectivity index (χ2n) is 4.07. The minimum Gasteiger partial charge on any atom is -0.317 e. The fourth-order valence-corrected chi connectivity index (χ4v) is 1.69. The van der Waals surface area contributed by atoms with Gasteiger partial charge in [0.25, 0.3) is 0 Å². The van der Waals surface area contributed by atoms with Crippen LogP contribution in [0.25, 0.3) is 5.52 Å². The van der Waals surface area contributed by atoms with Gasteiger partial charge in [-0.05, 0) is 38.6 Å². The van der Waals surface area contributed by atoms with Crippen molar-refractivity contribution in [2.45, 2.75) is 26.3 Å². The van der Waals surface area contributed by atoms with Gasteiger partial charge < -0.3 is 9.72 Å². The molecule has 0 bridgehead atoms. The summed E-state index contributed by atoms with van der Waals surface area (Å²) >= 11 is 0. The lowest BCUT2D eigenvalue weighted by atomic mass is 10.2. The van der Waals surface area contributed by atoms with Gasteiger partial charge >= 0.3 is 0 Å². The van der Waals surface area contributed by atoms with Gasteiger partial charge in [0, 0.05) is 18.7 Å². The molecule has 2 aromatic heterocycles. The van der Waals surface area contributed by atoms with Crippen molar-refractivity contribution in [3.05, 3.63) is 35.9 Å². The first-order valence-electron chi connectivity index (χ1n) is 5.30. The Labute approximate surface area is 90.1 Å². The average Bonchev–Trinajstić information content (AvgIpc) is 2.60. The second-order valence-corrected chi connectivity index (χ2v) is 4.07. The highest BCUT2D eigenvalue weighted by molar-refractivity contribution is 5.48. The first-order valence-corrected chi connectivity index (χ1v) is 5.30. The maximum absolute atomic E-state index is 4.45. The van der Waals surface area contributed by atoms with Crippen LogP contribution in [0.1, 0.15) is 18.3 Å². The smallest absolute Gasteiger partial charge is 0.114 e. The highest BCUT2D eigenvalue weighted by Gasteiger charge is 2.06. The van der Waals surface area contributed by atoms with Gasteiger partial charge in [0.1, 0.15) is 5.82 Å². The molecule has 2 heterocycles. The van der Waals surface area contributed by atoms with Gasteiger partial charge in [-0.1, -0.05) is 0 Å². The molecule has 3 nitrogen and oxygen atoms in total. The van der Waals surface area contributed by atoms with Crippen molar-refractivity contribution in [3.63, 3.8) is 0 Å². The molecular weight excluding hydrogens is 186 g/mol. The van der Waals surface area contributed by atoms with Gasteiger partial charge in [-0.25, -0.2) is 4.98 Å². The normalized spacial score (nSPS) is 13.3. The number of rotatable bonds is 3. The molecule has 1 atom stereocenters. The molecule has 0 amide bonds. The standard InChI is InChI=1S/C12H17N3/c1-9-4-5-15-11(6-9)8-14-12(15)7-10(2)13-3/h4-6,8,10,13H,7H2,1-3H3. The van der Waals surface area contributed by atoms with E-state index in [0.717, 1.165) is 12.2 Å². The molecule has 2 rings (SSSR count). The van der Waals surface area contributed by atoms with Crippen molar-refractivity contribution >= 4 is 5.52 Å². The Morgan fingerprint density at radius 2 is 2.33 bits per heavy atom. The third-order valence-electron chi connectivity index (χ3n) is 2.75. The van der Waals surface area contributed by atoms with Crippen molar-refractivity contribution in [1.82, 2.24) is 14.7 Å². The zero-order valence-corrected chi connectivity index (χ0v) is 9.49. The van der Waals surface area contributed by atoms with E-state index in [2.05, 4.69) is 46.9 Å². The van der Waals surface area contributed by atoms with E-state index < -0.39 is 0 Å². The van der Waals surface area contributed by atoms with Crippen molar-refractivity contribution in [1.29, 1.82) is 0 Å².